The van der Waals surface area contributed by atoms with Crippen molar-refractivity contribution in [3.63, 3.8) is 0 Å². The molecule has 0 saturated carbocycles. The number of nitrogens with two attached hydrogens (primary N) is 1. The molecule has 0 radical (unpaired) electrons. The third-order valence-electron chi connectivity index (χ3n) is 3.31. The van der Waals surface area contributed by atoms with Crippen LogP contribution in [0.25, 0.3) is 0 Å². The van der Waals surface area contributed by atoms with Gasteiger partial charge in [0.05, 0.1) is 0 Å². The lowest BCUT2D eigenvalue weighted by molar-refractivity contribution is 0.295. The summed E-state index contributed by atoms with van der Waals surface area (Å²) in [5.41, 5.74) is 9.77. The summed E-state index contributed by atoms with van der Waals surface area (Å²) >= 11 is 4.83. The molecule has 0 aromatic heterocycles. The van der Waals surface area contributed by atoms with E-state index >= 15 is 0 Å². The number of hydrogen-bond acceptors (Lipinski definition) is 2. The Balaban J connectivity index is 2.19. The van der Waals surface area contributed by atoms with Crippen molar-refractivity contribution in [2.75, 3.05) is 0 Å². The van der Waals surface area contributed by atoms with Crippen molar-refractivity contribution < 1.29 is 9.13 Å². The molecule has 0 spiro atoms. The predicted molar refractivity (Wildman–Crippen MR) is 87.3 cm³/mol. The van der Waals surface area contributed by atoms with E-state index < -0.39 is 0 Å². The smallest absolute Gasteiger partial charge is 0.130 e. The minimum atomic E-state index is -0.359. The minimum absolute atomic E-state index is 0.175. The predicted octanol–water partition coefficient (Wildman–Crippen LogP) is 3.96. The third kappa shape index (κ3) is 3.58. The van der Waals surface area contributed by atoms with Crippen LogP contribution in [0.4, 0.5) is 4.39 Å². The van der Waals surface area contributed by atoms with Crippen LogP contribution in [0.3, 0.4) is 0 Å². The van der Waals surface area contributed by atoms with Crippen molar-refractivity contribution in [1.29, 1.82) is 0 Å². The van der Waals surface area contributed by atoms with E-state index in [9.17, 15) is 4.39 Å². The zero-order valence-electron chi connectivity index (χ0n) is 12.4. The average molecular weight is 303 g/mol. The van der Waals surface area contributed by atoms with Crippen LogP contribution in [-0.2, 0) is 6.61 Å². The van der Waals surface area contributed by atoms with Crippen molar-refractivity contribution in [3.05, 3.63) is 64.0 Å². The second-order valence-corrected chi connectivity index (χ2v) is 5.63. The van der Waals surface area contributed by atoms with E-state index in [4.69, 9.17) is 22.7 Å². The molecule has 2 aromatic rings. The van der Waals surface area contributed by atoms with Gasteiger partial charge in [0.1, 0.15) is 23.2 Å². The maximum Gasteiger partial charge on any atom is 0.130 e. The summed E-state index contributed by atoms with van der Waals surface area (Å²) in [6.07, 6.45) is 0. The van der Waals surface area contributed by atoms with Gasteiger partial charge in [-0.2, -0.15) is 0 Å². The van der Waals surface area contributed by atoms with Crippen LogP contribution in [-0.4, -0.2) is 4.99 Å². The SMILES string of the molecule is Cc1cc(C)c(OCc2ccc(C(N)=S)cc2F)c(C)c1. The molecule has 2 rings (SSSR count). The fraction of sp³-hybridized carbons (Fsp3) is 0.235. The maximum atomic E-state index is 14.0. The summed E-state index contributed by atoms with van der Waals surface area (Å²) in [6, 6.07) is 8.81. The summed E-state index contributed by atoms with van der Waals surface area (Å²) in [7, 11) is 0. The molecule has 0 amide bonds. The molecule has 0 fully saturated rings. The van der Waals surface area contributed by atoms with E-state index in [1.165, 1.54) is 11.6 Å². The Morgan fingerprint density at radius 1 is 1.14 bits per heavy atom. The highest BCUT2D eigenvalue weighted by Gasteiger charge is 2.09. The van der Waals surface area contributed by atoms with E-state index in [0.29, 0.717) is 11.1 Å². The first-order chi connectivity index (χ1) is 9.88. The Kier molecular flexibility index (Phi) is 4.58. The monoisotopic (exact) mass is 303 g/mol. The van der Waals surface area contributed by atoms with E-state index in [-0.39, 0.29) is 17.4 Å². The van der Waals surface area contributed by atoms with Gasteiger partial charge >= 0.3 is 0 Å². The van der Waals surface area contributed by atoms with Crippen LogP contribution in [0.1, 0.15) is 27.8 Å². The number of thiocarbonyl (C=S) groups is 1. The molecule has 2 N–H and O–H groups in total. The van der Waals surface area contributed by atoms with E-state index in [0.717, 1.165) is 16.9 Å². The van der Waals surface area contributed by atoms with Gasteiger partial charge < -0.3 is 10.5 Å². The zero-order chi connectivity index (χ0) is 15.6. The summed E-state index contributed by atoms with van der Waals surface area (Å²) < 4.78 is 19.8. The largest absolute Gasteiger partial charge is 0.488 e. The topological polar surface area (TPSA) is 35.2 Å². The first-order valence-electron chi connectivity index (χ1n) is 6.67. The van der Waals surface area contributed by atoms with Gasteiger partial charge in [0.15, 0.2) is 0 Å². The summed E-state index contributed by atoms with van der Waals surface area (Å²) in [6.45, 7) is 6.19. The summed E-state index contributed by atoms with van der Waals surface area (Å²) in [5.74, 6) is 0.446. The molecule has 0 atom stereocenters. The van der Waals surface area contributed by atoms with Crippen molar-refractivity contribution in [2.24, 2.45) is 5.73 Å². The Morgan fingerprint density at radius 2 is 1.76 bits per heavy atom. The molecular weight excluding hydrogens is 285 g/mol. The quantitative estimate of drug-likeness (QED) is 0.868. The Morgan fingerprint density at radius 3 is 2.29 bits per heavy atom. The minimum Gasteiger partial charge on any atom is -0.488 e. The lowest BCUT2D eigenvalue weighted by atomic mass is 10.1. The summed E-state index contributed by atoms with van der Waals surface area (Å²) in [5, 5.41) is 0. The van der Waals surface area contributed by atoms with E-state index in [1.54, 1.807) is 12.1 Å². The van der Waals surface area contributed by atoms with Crippen LogP contribution in [0.5, 0.6) is 5.75 Å². The highest BCUT2D eigenvalue weighted by atomic mass is 32.1. The van der Waals surface area contributed by atoms with Crippen LogP contribution in [0.2, 0.25) is 0 Å². The number of benzene rings is 2. The first kappa shape index (κ1) is 15.4. The number of ether oxygens (including phenoxy) is 1. The van der Waals surface area contributed by atoms with Crippen LogP contribution in [0.15, 0.2) is 30.3 Å². The molecular formula is C17H18FNOS. The van der Waals surface area contributed by atoms with Crippen molar-refractivity contribution in [2.45, 2.75) is 27.4 Å². The highest BCUT2D eigenvalue weighted by Crippen LogP contribution is 2.26. The molecule has 0 heterocycles. The van der Waals surface area contributed by atoms with Crippen LogP contribution >= 0.6 is 12.2 Å². The zero-order valence-corrected chi connectivity index (χ0v) is 13.2. The normalized spacial score (nSPS) is 10.5. The molecule has 21 heavy (non-hydrogen) atoms. The molecule has 2 nitrogen and oxygen atoms in total. The van der Waals surface area contributed by atoms with Crippen molar-refractivity contribution in [1.82, 2.24) is 0 Å². The number of hydrogen-bond donors (Lipinski definition) is 1. The lowest BCUT2D eigenvalue weighted by Crippen LogP contribution is -2.10. The lowest BCUT2D eigenvalue weighted by Gasteiger charge is -2.14. The van der Waals surface area contributed by atoms with Gasteiger partial charge in [0.2, 0.25) is 0 Å². The average Bonchev–Trinajstić information content (AvgIpc) is 2.38. The first-order valence-corrected chi connectivity index (χ1v) is 7.08. The van der Waals surface area contributed by atoms with Crippen LogP contribution < -0.4 is 10.5 Å². The second kappa shape index (κ2) is 6.22. The highest BCUT2D eigenvalue weighted by molar-refractivity contribution is 7.80. The number of rotatable bonds is 4. The van der Waals surface area contributed by atoms with Crippen molar-refractivity contribution in [3.8, 4) is 5.75 Å². The standard InChI is InChI=1S/C17H18FNOS/c1-10-6-11(2)16(12(3)7-10)20-9-14-5-4-13(17(19)21)8-15(14)18/h4-8H,9H2,1-3H3,(H2,19,21). The molecule has 2 aromatic carbocycles. The van der Waals surface area contributed by atoms with E-state index in [1.807, 2.05) is 20.8 Å². The third-order valence-corrected chi connectivity index (χ3v) is 3.55. The molecule has 0 unspecified atom stereocenters. The molecule has 0 aliphatic carbocycles. The molecule has 0 aliphatic heterocycles. The van der Waals surface area contributed by atoms with Gasteiger partial charge in [-0.1, -0.05) is 42.0 Å². The number of aryl methyl sites for hydroxylation is 3. The fourth-order valence-electron chi connectivity index (χ4n) is 2.36. The van der Waals surface area contributed by atoms with Gasteiger partial charge in [0, 0.05) is 11.1 Å². The van der Waals surface area contributed by atoms with Gasteiger partial charge in [0.25, 0.3) is 0 Å². The van der Waals surface area contributed by atoms with Gasteiger partial charge in [-0.05, 0) is 38.0 Å². The Bertz CT molecular complexity index is 674. The number of halogens is 1. The van der Waals surface area contributed by atoms with Gasteiger partial charge in [-0.3, -0.25) is 0 Å². The summed E-state index contributed by atoms with van der Waals surface area (Å²) in [4.78, 5) is 0.187. The van der Waals surface area contributed by atoms with Gasteiger partial charge in [-0.15, -0.1) is 0 Å². The molecule has 0 saturated heterocycles. The van der Waals surface area contributed by atoms with E-state index in [2.05, 4.69) is 12.1 Å². The molecule has 110 valence electrons. The fourth-order valence-corrected chi connectivity index (χ4v) is 2.49. The second-order valence-electron chi connectivity index (χ2n) is 5.19. The van der Waals surface area contributed by atoms with Gasteiger partial charge in [-0.25, -0.2) is 4.39 Å². The molecule has 0 bridgehead atoms. The Labute approximate surface area is 129 Å². The Hall–Kier alpha value is -1.94. The molecule has 4 heteroatoms. The maximum absolute atomic E-state index is 14.0. The van der Waals surface area contributed by atoms with Crippen molar-refractivity contribution >= 4 is 17.2 Å². The van der Waals surface area contributed by atoms with Crippen LogP contribution in [0, 0.1) is 26.6 Å². The molecule has 0 aliphatic rings.